The van der Waals surface area contributed by atoms with Gasteiger partial charge in [0.2, 0.25) is 0 Å². The maximum atomic E-state index is 6.01. The Kier molecular flexibility index (Phi) is 11.2. The molecule has 0 amide bonds. The van der Waals surface area contributed by atoms with Crippen LogP contribution in [0.3, 0.4) is 0 Å². The number of hydrogen-bond donors (Lipinski definition) is 0. The van der Waals surface area contributed by atoms with E-state index in [2.05, 4.69) is 46.8 Å². The summed E-state index contributed by atoms with van der Waals surface area (Å²) in [4.78, 5) is 5.45. The standard InChI is InChI=1S/C22H34N2OS/c1-2-3-4-5-6-7-8-12-17-25-19-22(18-24-16-15-23-20-24)26-21-13-10-9-11-14-21/h9-11,13-16,20,22H,2-8,12,17-19H2,1H3. The number of rotatable bonds is 15. The second kappa shape index (κ2) is 13.9. The molecule has 0 saturated heterocycles. The molecule has 0 spiro atoms. The molecule has 1 atom stereocenters. The van der Waals surface area contributed by atoms with Crippen LogP contribution in [-0.2, 0) is 11.3 Å². The maximum absolute atomic E-state index is 6.01. The quantitative estimate of drug-likeness (QED) is 0.274. The van der Waals surface area contributed by atoms with Crippen LogP contribution < -0.4 is 0 Å². The molecular formula is C22H34N2OS. The molecule has 0 aliphatic heterocycles. The molecule has 2 aromatic rings. The minimum atomic E-state index is 0.403. The van der Waals surface area contributed by atoms with Gasteiger partial charge in [0.25, 0.3) is 0 Å². The third-order valence-corrected chi connectivity index (χ3v) is 5.63. The lowest BCUT2D eigenvalue weighted by Crippen LogP contribution is -2.19. The zero-order valence-electron chi connectivity index (χ0n) is 16.2. The van der Waals surface area contributed by atoms with E-state index in [9.17, 15) is 0 Å². The number of nitrogens with zero attached hydrogens (tertiary/aromatic N) is 2. The number of aromatic nitrogens is 2. The first kappa shape index (κ1) is 21.0. The van der Waals surface area contributed by atoms with Crippen molar-refractivity contribution in [1.29, 1.82) is 0 Å². The van der Waals surface area contributed by atoms with E-state index in [0.717, 1.165) is 19.8 Å². The highest BCUT2D eigenvalue weighted by Gasteiger charge is 2.12. The predicted molar refractivity (Wildman–Crippen MR) is 112 cm³/mol. The number of ether oxygens (including phenoxy) is 1. The highest BCUT2D eigenvalue weighted by atomic mass is 32.2. The van der Waals surface area contributed by atoms with Gasteiger partial charge in [0, 0.05) is 30.4 Å². The van der Waals surface area contributed by atoms with Gasteiger partial charge in [-0.05, 0) is 18.6 Å². The van der Waals surface area contributed by atoms with Crippen LogP contribution >= 0.6 is 11.8 Å². The van der Waals surface area contributed by atoms with Gasteiger partial charge in [-0.3, -0.25) is 0 Å². The lowest BCUT2D eigenvalue weighted by Gasteiger charge is -2.17. The number of unbranched alkanes of at least 4 members (excludes halogenated alkanes) is 7. The van der Waals surface area contributed by atoms with Gasteiger partial charge in [-0.25, -0.2) is 4.98 Å². The van der Waals surface area contributed by atoms with Gasteiger partial charge < -0.3 is 9.30 Å². The first-order valence-electron chi connectivity index (χ1n) is 10.1. The van der Waals surface area contributed by atoms with Gasteiger partial charge in [0.15, 0.2) is 0 Å². The number of thioether (sulfide) groups is 1. The monoisotopic (exact) mass is 374 g/mol. The second-order valence-corrected chi connectivity index (χ2v) is 8.24. The van der Waals surface area contributed by atoms with Crippen LogP contribution in [0.5, 0.6) is 0 Å². The molecule has 1 aromatic heterocycles. The molecule has 0 radical (unpaired) electrons. The lowest BCUT2D eigenvalue weighted by molar-refractivity contribution is 0.128. The van der Waals surface area contributed by atoms with E-state index < -0.39 is 0 Å². The first-order chi connectivity index (χ1) is 12.9. The second-order valence-electron chi connectivity index (χ2n) is 6.86. The van der Waals surface area contributed by atoms with Crippen molar-refractivity contribution in [3.8, 4) is 0 Å². The summed E-state index contributed by atoms with van der Waals surface area (Å²) in [5, 5.41) is 0.403. The lowest BCUT2D eigenvalue weighted by atomic mass is 10.1. The maximum Gasteiger partial charge on any atom is 0.0946 e. The number of hydrogen-bond acceptors (Lipinski definition) is 3. The topological polar surface area (TPSA) is 27.1 Å². The Hall–Kier alpha value is -1.26. The summed E-state index contributed by atoms with van der Waals surface area (Å²) in [6.07, 6.45) is 16.5. The van der Waals surface area contributed by atoms with Gasteiger partial charge in [0.05, 0.1) is 18.2 Å². The summed E-state index contributed by atoms with van der Waals surface area (Å²) in [6, 6.07) is 10.6. The molecule has 4 heteroatoms. The van der Waals surface area contributed by atoms with Crippen LogP contribution in [0, 0.1) is 0 Å². The largest absolute Gasteiger partial charge is 0.380 e. The fourth-order valence-electron chi connectivity index (χ4n) is 3.00. The van der Waals surface area contributed by atoms with Crippen molar-refractivity contribution in [1.82, 2.24) is 9.55 Å². The fourth-order valence-corrected chi connectivity index (χ4v) is 4.11. The zero-order chi connectivity index (χ0) is 18.3. The predicted octanol–water partition coefficient (Wildman–Crippen LogP) is 6.20. The van der Waals surface area contributed by atoms with Crippen LogP contribution in [0.2, 0.25) is 0 Å². The minimum absolute atomic E-state index is 0.403. The van der Waals surface area contributed by atoms with Crippen molar-refractivity contribution >= 4 is 11.8 Å². The normalized spacial score (nSPS) is 12.3. The van der Waals surface area contributed by atoms with Crippen molar-refractivity contribution in [2.45, 2.75) is 75.0 Å². The first-order valence-corrected chi connectivity index (χ1v) is 11.0. The Morgan fingerprint density at radius 2 is 1.73 bits per heavy atom. The average Bonchev–Trinajstić information content (AvgIpc) is 3.17. The van der Waals surface area contributed by atoms with Gasteiger partial charge in [0.1, 0.15) is 0 Å². The molecule has 1 aromatic carbocycles. The van der Waals surface area contributed by atoms with Gasteiger partial charge >= 0.3 is 0 Å². The molecule has 1 unspecified atom stereocenters. The van der Waals surface area contributed by atoms with Crippen LogP contribution in [0.1, 0.15) is 58.3 Å². The average molecular weight is 375 g/mol. The Morgan fingerprint density at radius 1 is 1.00 bits per heavy atom. The summed E-state index contributed by atoms with van der Waals surface area (Å²) < 4.78 is 8.15. The van der Waals surface area contributed by atoms with E-state index >= 15 is 0 Å². The van der Waals surface area contributed by atoms with E-state index in [-0.39, 0.29) is 0 Å². The Balaban J connectivity index is 1.62. The molecule has 2 rings (SSSR count). The van der Waals surface area contributed by atoms with Crippen molar-refractivity contribution in [3.05, 3.63) is 49.1 Å². The summed E-state index contributed by atoms with van der Waals surface area (Å²) in [5.74, 6) is 0. The molecule has 0 aliphatic carbocycles. The van der Waals surface area contributed by atoms with Crippen molar-refractivity contribution < 1.29 is 4.74 Å². The highest BCUT2D eigenvalue weighted by Crippen LogP contribution is 2.24. The van der Waals surface area contributed by atoms with Crippen molar-refractivity contribution in [2.24, 2.45) is 0 Å². The molecule has 26 heavy (non-hydrogen) atoms. The molecule has 0 N–H and O–H groups in total. The van der Waals surface area contributed by atoms with Crippen molar-refractivity contribution in [2.75, 3.05) is 13.2 Å². The molecule has 0 fully saturated rings. The van der Waals surface area contributed by atoms with E-state index in [4.69, 9.17) is 4.74 Å². The van der Waals surface area contributed by atoms with Gasteiger partial charge in [-0.15, -0.1) is 11.8 Å². The molecule has 3 nitrogen and oxygen atoms in total. The summed E-state index contributed by atoms with van der Waals surface area (Å²) in [5.41, 5.74) is 0. The summed E-state index contributed by atoms with van der Waals surface area (Å²) >= 11 is 1.89. The van der Waals surface area contributed by atoms with E-state index in [1.54, 1.807) is 0 Å². The van der Waals surface area contributed by atoms with E-state index in [1.165, 1.54) is 56.3 Å². The summed E-state index contributed by atoms with van der Waals surface area (Å²) in [7, 11) is 0. The third kappa shape index (κ3) is 9.44. The van der Waals surface area contributed by atoms with Crippen LogP contribution in [0.25, 0.3) is 0 Å². The van der Waals surface area contributed by atoms with Crippen molar-refractivity contribution in [3.63, 3.8) is 0 Å². The smallest absolute Gasteiger partial charge is 0.0946 e. The molecule has 0 saturated carbocycles. The Labute approximate surface area is 163 Å². The van der Waals surface area contributed by atoms with Crippen LogP contribution in [0.4, 0.5) is 0 Å². The SMILES string of the molecule is CCCCCCCCCCOCC(Cn1ccnc1)Sc1ccccc1. The van der Waals surface area contributed by atoms with E-state index in [1.807, 2.05) is 30.5 Å². The third-order valence-electron chi connectivity index (χ3n) is 4.47. The molecule has 0 bridgehead atoms. The number of benzene rings is 1. The van der Waals surface area contributed by atoms with Gasteiger partial charge in [-0.2, -0.15) is 0 Å². The molecular weight excluding hydrogens is 340 g/mol. The Bertz CT molecular complexity index is 545. The van der Waals surface area contributed by atoms with Gasteiger partial charge in [-0.1, -0.05) is 70.1 Å². The van der Waals surface area contributed by atoms with Crippen LogP contribution in [-0.4, -0.2) is 28.0 Å². The Morgan fingerprint density at radius 3 is 2.42 bits per heavy atom. The highest BCUT2D eigenvalue weighted by molar-refractivity contribution is 8.00. The van der Waals surface area contributed by atoms with E-state index in [0.29, 0.717) is 5.25 Å². The summed E-state index contributed by atoms with van der Waals surface area (Å²) in [6.45, 7) is 4.86. The zero-order valence-corrected chi connectivity index (χ0v) is 17.0. The van der Waals surface area contributed by atoms with Crippen LogP contribution in [0.15, 0.2) is 53.9 Å². The molecule has 144 valence electrons. The number of imidazole rings is 1. The molecule has 0 aliphatic rings. The fraction of sp³-hybridized carbons (Fsp3) is 0.591. The molecule has 1 heterocycles. The minimum Gasteiger partial charge on any atom is -0.380 e.